The Labute approximate surface area is 129 Å². The smallest absolute Gasteiger partial charge is 0.224 e. The number of hydrogen-bond acceptors (Lipinski definition) is 2. The van der Waals surface area contributed by atoms with Crippen molar-refractivity contribution in [3.05, 3.63) is 58.9 Å². The van der Waals surface area contributed by atoms with Gasteiger partial charge in [0, 0.05) is 30.5 Å². The van der Waals surface area contributed by atoms with E-state index < -0.39 is 6.10 Å². The number of aliphatic hydroxyl groups is 1. The largest absolute Gasteiger partial charge is 0.387 e. The first-order valence-corrected chi connectivity index (χ1v) is 7.25. The van der Waals surface area contributed by atoms with Crippen molar-refractivity contribution in [3.63, 3.8) is 0 Å². The zero-order valence-electron chi connectivity index (χ0n) is 11.9. The maximum absolute atomic E-state index is 11.8. The number of amides is 1. The highest BCUT2D eigenvalue weighted by atomic mass is 35.5. The summed E-state index contributed by atoms with van der Waals surface area (Å²) in [6.07, 6.45) is 2.03. The fraction of sp³-hybridized carbons (Fsp3) is 0.312. The van der Waals surface area contributed by atoms with Crippen LogP contribution in [0.15, 0.2) is 42.6 Å². The normalized spacial score (nSPS) is 12.1. The Morgan fingerprint density at radius 2 is 2.10 bits per heavy atom. The van der Waals surface area contributed by atoms with Crippen LogP contribution in [0.1, 0.15) is 23.8 Å². The summed E-state index contributed by atoms with van der Waals surface area (Å²) in [5.74, 6) is -0.0952. The molecule has 1 heterocycles. The second kappa shape index (κ2) is 7.29. The fourth-order valence-electron chi connectivity index (χ4n) is 2.19. The first-order chi connectivity index (χ1) is 10.1. The van der Waals surface area contributed by atoms with E-state index in [1.54, 1.807) is 6.07 Å². The number of carbonyl (C=O) groups excluding carboxylic acids is 1. The minimum Gasteiger partial charge on any atom is -0.387 e. The van der Waals surface area contributed by atoms with Gasteiger partial charge in [0.2, 0.25) is 5.91 Å². The van der Waals surface area contributed by atoms with Crippen LogP contribution in [-0.2, 0) is 18.3 Å². The van der Waals surface area contributed by atoms with E-state index >= 15 is 0 Å². The molecule has 21 heavy (non-hydrogen) atoms. The van der Waals surface area contributed by atoms with Crippen molar-refractivity contribution in [3.8, 4) is 0 Å². The predicted molar refractivity (Wildman–Crippen MR) is 83.2 cm³/mol. The molecule has 0 saturated carbocycles. The number of aromatic nitrogens is 1. The Bertz CT molecular complexity index is 610. The highest BCUT2D eigenvalue weighted by molar-refractivity contribution is 6.31. The molecule has 0 radical (unpaired) electrons. The number of halogens is 1. The van der Waals surface area contributed by atoms with Gasteiger partial charge in [-0.1, -0.05) is 29.8 Å². The van der Waals surface area contributed by atoms with E-state index in [4.69, 9.17) is 11.6 Å². The van der Waals surface area contributed by atoms with E-state index in [1.807, 2.05) is 48.1 Å². The molecule has 2 N–H and O–H groups in total. The first-order valence-electron chi connectivity index (χ1n) is 6.87. The molecular formula is C16H19ClN2O2. The molecule has 2 aromatic rings. The third-order valence-electron chi connectivity index (χ3n) is 3.37. The summed E-state index contributed by atoms with van der Waals surface area (Å²) in [5.41, 5.74) is 1.65. The molecule has 0 aliphatic heterocycles. The molecule has 0 unspecified atom stereocenters. The molecule has 0 saturated heterocycles. The second-order valence-corrected chi connectivity index (χ2v) is 5.37. The van der Waals surface area contributed by atoms with Gasteiger partial charge in [0.1, 0.15) is 0 Å². The van der Waals surface area contributed by atoms with Gasteiger partial charge >= 0.3 is 0 Å². The van der Waals surface area contributed by atoms with Gasteiger partial charge in [0.25, 0.3) is 0 Å². The number of nitrogens with zero attached hydrogens (tertiary/aromatic N) is 1. The highest BCUT2D eigenvalue weighted by Crippen LogP contribution is 2.16. The van der Waals surface area contributed by atoms with E-state index in [1.165, 1.54) is 0 Å². The van der Waals surface area contributed by atoms with Crippen LogP contribution in [0.5, 0.6) is 0 Å². The van der Waals surface area contributed by atoms with Crippen LogP contribution in [0.25, 0.3) is 0 Å². The number of carbonyl (C=O) groups is 1. The van der Waals surface area contributed by atoms with Gasteiger partial charge < -0.3 is 15.0 Å². The zero-order valence-corrected chi connectivity index (χ0v) is 12.7. The Morgan fingerprint density at radius 1 is 1.33 bits per heavy atom. The first kappa shape index (κ1) is 15.6. The average molecular weight is 307 g/mol. The molecule has 0 fully saturated rings. The molecule has 5 heteroatoms. The second-order valence-electron chi connectivity index (χ2n) is 4.97. The molecule has 0 aliphatic carbocycles. The lowest BCUT2D eigenvalue weighted by atomic mass is 10.1. The SMILES string of the molecule is Cn1cccc1[C@@H](O)CCNC(=O)Cc1ccccc1Cl. The summed E-state index contributed by atoms with van der Waals surface area (Å²) in [6.45, 7) is 0.426. The molecule has 0 bridgehead atoms. The average Bonchev–Trinajstić information content (AvgIpc) is 2.87. The number of nitrogens with one attached hydrogen (secondary N) is 1. The van der Waals surface area contributed by atoms with E-state index in [0.717, 1.165) is 11.3 Å². The standard InChI is InChI=1S/C16H19ClN2O2/c1-19-10-4-7-14(19)15(20)8-9-18-16(21)11-12-5-2-3-6-13(12)17/h2-7,10,15,20H,8-9,11H2,1H3,(H,18,21)/t15-/m0/s1. The highest BCUT2D eigenvalue weighted by Gasteiger charge is 2.11. The van der Waals surface area contributed by atoms with E-state index in [2.05, 4.69) is 5.32 Å². The van der Waals surface area contributed by atoms with Crippen molar-refractivity contribution in [2.24, 2.45) is 7.05 Å². The van der Waals surface area contributed by atoms with Crippen molar-refractivity contribution in [2.45, 2.75) is 18.9 Å². The van der Waals surface area contributed by atoms with Gasteiger partial charge in [-0.15, -0.1) is 0 Å². The Morgan fingerprint density at radius 3 is 2.76 bits per heavy atom. The summed E-state index contributed by atoms with van der Waals surface area (Å²) in [5, 5.41) is 13.4. The molecule has 1 aromatic heterocycles. The monoisotopic (exact) mass is 306 g/mol. The lowest BCUT2D eigenvalue weighted by Gasteiger charge is -2.12. The van der Waals surface area contributed by atoms with Crippen LogP contribution >= 0.6 is 11.6 Å². The maximum Gasteiger partial charge on any atom is 0.224 e. The van der Waals surface area contributed by atoms with Crippen molar-refractivity contribution < 1.29 is 9.90 Å². The van der Waals surface area contributed by atoms with Crippen LogP contribution < -0.4 is 5.32 Å². The van der Waals surface area contributed by atoms with Crippen LogP contribution in [-0.4, -0.2) is 22.1 Å². The Kier molecular flexibility index (Phi) is 5.42. The molecule has 0 aliphatic rings. The van der Waals surface area contributed by atoms with Gasteiger partial charge in [-0.2, -0.15) is 0 Å². The maximum atomic E-state index is 11.8. The number of benzene rings is 1. The number of hydrogen-bond donors (Lipinski definition) is 2. The van der Waals surface area contributed by atoms with E-state index in [0.29, 0.717) is 18.0 Å². The quantitative estimate of drug-likeness (QED) is 0.861. The number of rotatable bonds is 6. The molecule has 2 rings (SSSR count). The predicted octanol–water partition coefficient (Wildman–Crippen LogP) is 2.46. The molecule has 1 atom stereocenters. The number of aliphatic hydroxyl groups excluding tert-OH is 1. The van der Waals surface area contributed by atoms with Crippen LogP contribution in [0.2, 0.25) is 5.02 Å². The van der Waals surface area contributed by atoms with Gasteiger partial charge in [0.05, 0.1) is 12.5 Å². The lowest BCUT2D eigenvalue weighted by Crippen LogP contribution is -2.27. The molecule has 1 amide bonds. The van der Waals surface area contributed by atoms with E-state index in [9.17, 15) is 9.90 Å². The summed E-state index contributed by atoms with van der Waals surface area (Å²) in [4.78, 5) is 11.8. The summed E-state index contributed by atoms with van der Waals surface area (Å²) >= 11 is 6.02. The minimum absolute atomic E-state index is 0.0952. The van der Waals surface area contributed by atoms with Crippen molar-refractivity contribution >= 4 is 17.5 Å². The fourth-order valence-corrected chi connectivity index (χ4v) is 2.40. The van der Waals surface area contributed by atoms with Crippen molar-refractivity contribution in [2.75, 3.05) is 6.54 Å². The van der Waals surface area contributed by atoms with Crippen LogP contribution in [0.3, 0.4) is 0 Å². The topological polar surface area (TPSA) is 54.3 Å². The van der Waals surface area contributed by atoms with Crippen LogP contribution in [0, 0.1) is 0 Å². The zero-order chi connectivity index (χ0) is 15.2. The molecule has 112 valence electrons. The third-order valence-corrected chi connectivity index (χ3v) is 3.74. The van der Waals surface area contributed by atoms with Crippen molar-refractivity contribution in [1.82, 2.24) is 9.88 Å². The van der Waals surface area contributed by atoms with Gasteiger partial charge in [-0.25, -0.2) is 0 Å². The van der Waals surface area contributed by atoms with Crippen molar-refractivity contribution in [1.29, 1.82) is 0 Å². The summed E-state index contributed by atoms with van der Waals surface area (Å²) in [7, 11) is 1.88. The Hall–Kier alpha value is -1.78. The lowest BCUT2D eigenvalue weighted by molar-refractivity contribution is -0.120. The molecule has 1 aromatic carbocycles. The van der Waals surface area contributed by atoms with Gasteiger partial charge in [-0.3, -0.25) is 4.79 Å². The Balaban J connectivity index is 1.77. The number of aryl methyl sites for hydroxylation is 1. The van der Waals surface area contributed by atoms with Gasteiger partial charge in [-0.05, 0) is 30.2 Å². The summed E-state index contributed by atoms with van der Waals surface area (Å²) < 4.78 is 1.87. The molecule has 0 spiro atoms. The molecular weight excluding hydrogens is 288 g/mol. The summed E-state index contributed by atoms with van der Waals surface area (Å²) in [6, 6.07) is 11.0. The van der Waals surface area contributed by atoms with Crippen LogP contribution in [0.4, 0.5) is 0 Å². The van der Waals surface area contributed by atoms with Gasteiger partial charge in [0.15, 0.2) is 0 Å². The molecule has 4 nitrogen and oxygen atoms in total. The minimum atomic E-state index is -0.578. The third kappa shape index (κ3) is 4.34. The van der Waals surface area contributed by atoms with E-state index in [-0.39, 0.29) is 12.3 Å².